The Hall–Kier alpha value is -4.46. The number of carbonyl (C=O) groups excluding carboxylic acids is 2. The largest absolute Gasteiger partial charge is 0.492 e. The summed E-state index contributed by atoms with van der Waals surface area (Å²) in [6.07, 6.45) is 2.95. The van der Waals surface area contributed by atoms with Crippen LogP contribution in [0.15, 0.2) is 54.2 Å². The van der Waals surface area contributed by atoms with E-state index in [1.54, 1.807) is 18.9 Å². The van der Waals surface area contributed by atoms with Crippen LogP contribution in [0.4, 0.5) is 0 Å². The summed E-state index contributed by atoms with van der Waals surface area (Å²) in [5.41, 5.74) is 14.5. The third-order valence-electron chi connectivity index (χ3n) is 6.17. The molecule has 4 rings (SSSR count). The molecule has 0 bridgehead atoms. The summed E-state index contributed by atoms with van der Waals surface area (Å²) in [5, 5.41) is 11.9. The van der Waals surface area contributed by atoms with Crippen LogP contribution in [-0.2, 0) is 20.7 Å². The molecule has 0 radical (unpaired) electrons. The molecule has 40 heavy (non-hydrogen) atoms. The van der Waals surface area contributed by atoms with Gasteiger partial charge in [0.15, 0.2) is 0 Å². The van der Waals surface area contributed by atoms with Gasteiger partial charge in [-0.3, -0.25) is 15.0 Å². The SMILES string of the molecule is CC#CCOC.N=C(N)/C(=C\NCCOc1ccc(C2c3[nH]c4ccc(Cl)cc4c3CCN2C=O)cc1)C(N)=O. The summed E-state index contributed by atoms with van der Waals surface area (Å²) >= 11 is 6.21. The van der Waals surface area contributed by atoms with Crippen molar-refractivity contribution in [1.82, 2.24) is 15.2 Å². The molecule has 11 heteroatoms. The van der Waals surface area contributed by atoms with E-state index < -0.39 is 11.7 Å². The number of aromatic nitrogens is 1. The van der Waals surface area contributed by atoms with E-state index in [1.165, 1.54) is 11.8 Å². The van der Waals surface area contributed by atoms with E-state index in [1.807, 2.05) is 42.5 Å². The van der Waals surface area contributed by atoms with Crippen molar-refractivity contribution in [2.75, 3.05) is 33.4 Å². The minimum Gasteiger partial charge on any atom is -0.492 e. The summed E-state index contributed by atoms with van der Waals surface area (Å²) in [7, 11) is 1.63. The molecule has 210 valence electrons. The average molecular weight is 565 g/mol. The zero-order valence-electron chi connectivity index (χ0n) is 22.4. The molecule has 1 aliphatic heterocycles. The number of amides is 2. The van der Waals surface area contributed by atoms with Crippen LogP contribution < -0.4 is 21.5 Å². The molecule has 1 unspecified atom stereocenters. The molecule has 0 saturated heterocycles. The first-order chi connectivity index (χ1) is 19.3. The van der Waals surface area contributed by atoms with Gasteiger partial charge in [0, 0.05) is 48.0 Å². The number of carbonyl (C=O) groups is 2. The number of primary amides is 1. The fraction of sp³-hybridized carbons (Fsp3) is 0.276. The zero-order valence-corrected chi connectivity index (χ0v) is 23.2. The second-order valence-electron chi connectivity index (χ2n) is 8.77. The molecular formula is C29H33ClN6O4. The highest BCUT2D eigenvalue weighted by molar-refractivity contribution is 6.31. The smallest absolute Gasteiger partial charge is 0.253 e. The maximum Gasteiger partial charge on any atom is 0.253 e. The van der Waals surface area contributed by atoms with E-state index in [0.29, 0.717) is 37.1 Å². The number of halogens is 1. The van der Waals surface area contributed by atoms with Crippen molar-refractivity contribution in [3.8, 4) is 17.6 Å². The number of benzene rings is 2. The van der Waals surface area contributed by atoms with Crippen LogP contribution in [0.1, 0.15) is 29.8 Å². The topological polar surface area (TPSA) is 160 Å². The maximum absolute atomic E-state index is 11.8. The predicted molar refractivity (Wildman–Crippen MR) is 156 cm³/mol. The van der Waals surface area contributed by atoms with Crippen LogP contribution in [0.3, 0.4) is 0 Å². The first kappa shape index (κ1) is 30.1. The second kappa shape index (κ2) is 14.6. The second-order valence-corrected chi connectivity index (χ2v) is 9.21. The van der Waals surface area contributed by atoms with Gasteiger partial charge in [-0.2, -0.15) is 0 Å². The van der Waals surface area contributed by atoms with Gasteiger partial charge in [0.1, 0.15) is 24.8 Å². The monoisotopic (exact) mass is 564 g/mol. The Morgan fingerprint density at radius 1 is 1.27 bits per heavy atom. The molecule has 0 fully saturated rings. The normalized spacial score (nSPS) is 14.2. The van der Waals surface area contributed by atoms with Crippen LogP contribution in [-0.4, -0.2) is 61.4 Å². The number of hydrogen-bond acceptors (Lipinski definition) is 6. The molecule has 0 spiro atoms. The third kappa shape index (κ3) is 7.56. The molecule has 2 heterocycles. The summed E-state index contributed by atoms with van der Waals surface area (Å²) in [6.45, 7) is 3.66. The van der Waals surface area contributed by atoms with E-state index in [-0.39, 0.29) is 11.6 Å². The molecule has 2 amide bonds. The fourth-order valence-corrected chi connectivity index (χ4v) is 4.50. The van der Waals surface area contributed by atoms with Crippen molar-refractivity contribution in [3.63, 3.8) is 0 Å². The Morgan fingerprint density at radius 2 is 2.02 bits per heavy atom. The van der Waals surface area contributed by atoms with E-state index in [4.69, 9.17) is 33.2 Å². The van der Waals surface area contributed by atoms with Crippen LogP contribution in [0, 0.1) is 17.3 Å². The molecule has 0 aliphatic carbocycles. The number of nitrogens with one attached hydrogen (secondary N) is 3. The van der Waals surface area contributed by atoms with Gasteiger partial charge in [0.2, 0.25) is 6.41 Å². The molecule has 2 aromatic carbocycles. The van der Waals surface area contributed by atoms with E-state index in [0.717, 1.165) is 35.0 Å². The molecule has 1 aliphatic rings. The first-order valence-electron chi connectivity index (χ1n) is 12.5. The van der Waals surface area contributed by atoms with Gasteiger partial charge in [0.25, 0.3) is 5.91 Å². The Labute approximate surface area is 238 Å². The van der Waals surface area contributed by atoms with Crippen molar-refractivity contribution in [1.29, 1.82) is 5.41 Å². The lowest BCUT2D eigenvalue weighted by molar-refractivity contribution is -0.120. The van der Waals surface area contributed by atoms with Gasteiger partial charge in [-0.1, -0.05) is 29.7 Å². The third-order valence-corrected chi connectivity index (χ3v) is 6.40. The highest BCUT2D eigenvalue weighted by atomic mass is 35.5. The van der Waals surface area contributed by atoms with Crippen LogP contribution in [0.25, 0.3) is 10.9 Å². The van der Waals surface area contributed by atoms with Gasteiger partial charge < -0.3 is 36.1 Å². The predicted octanol–water partition coefficient (Wildman–Crippen LogP) is 2.85. The Balaban J connectivity index is 0.000000663. The van der Waals surface area contributed by atoms with Gasteiger partial charge in [0.05, 0.1) is 11.6 Å². The average Bonchev–Trinajstić information content (AvgIpc) is 3.31. The van der Waals surface area contributed by atoms with Gasteiger partial charge in [-0.05, 0) is 54.8 Å². The summed E-state index contributed by atoms with van der Waals surface area (Å²) in [4.78, 5) is 28.3. The lowest BCUT2D eigenvalue weighted by Crippen LogP contribution is -2.34. The number of aromatic amines is 1. The molecule has 1 atom stereocenters. The number of rotatable bonds is 10. The van der Waals surface area contributed by atoms with E-state index in [9.17, 15) is 9.59 Å². The van der Waals surface area contributed by atoms with Crippen molar-refractivity contribution < 1.29 is 19.1 Å². The summed E-state index contributed by atoms with van der Waals surface area (Å²) < 4.78 is 10.3. The van der Waals surface area contributed by atoms with Crippen LogP contribution in [0.2, 0.25) is 5.02 Å². The number of H-pyrrole nitrogens is 1. The standard InChI is InChI=1S/C24H25ClN6O3.C5H8O/c25-15-3-6-20-18(11-15)17-7-9-31(13-32)22(21(17)30-20)14-1-4-16(5-2-14)34-10-8-29-12-19(23(26)27)24(28)33;1-3-4-5-6-2/h1-6,11-13,22,29-30H,7-10H2,(H3,26,27)(H2,28,33);5H2,1-2H3/b19-12+;. The van der Waals surface area contributed by atoms with Crippen LogP contribution in [0.5, 0.6) is 5.75 Å². The number of nitrogens with zero attached hydrogens (tertiary/aromatic N) is 1. The van der Waals surface area contributed by atoms with Gasteiger partial charge >= 0.3 is 0 Å². The highest BCUT2D eigenvalue weighted by Gasteiger charge is 2.31. The van der Waals surface area contributed by atoms with Crippen LogP contribution >= 0.6 is 11.6 Å². The van der Waals surface area contributed by atoms with Crippen molar-refractivity contribution in [3.05, 3.63) is 76.1 Å². The number of fused-ring (bicyclic) bond motifs is 3. The molecule has 0 saturated carbocycles. The molecule has 7 N–H and O–H groups in total. The van der Waals surface area contributed by atoms with Crippen molar-refractivity contribution >= 4 is 40.7 Å². The van der Waals surface area contributed by atoms with Crippen molar-refractivity contribution in [2.24, 2.45) is 11.5 Å². The molecule has 10 nitrogen and oxygen atoms in total. The summed E-state index contributed by atoms with van der Waals surface area (Å²) in [5.74, 6) is 4.91. The number of ether oxygens (including phenoxy) is 2. The Morgan fingerprint density at radius 3 is 2.62 bits per heavy atom. The molecule has 3 aromatic rings. The number of hydrogen-bond donors (Lipinski definition) is 5. The lowest BCUT2D eigenvalue weighted by atomic mass is 9.93. The quantitative estimate of drug-likeness (QED) is 0.0635. The lowest BCUT2D eigenvalue weighted by Gasteiger charge is -2.33. The minimum absolute atomic E-state index is 0.0878. The summed E-state index contributed by atoms with van der Waals surface area (Å²) in [6, 6.07) is 13.1. The number of nitrogens with two attached hydrogens (primary N) is 2. The van der Waals surface area contributed by atoms with E-state index in [2.05, 4.69) is 26.9 Å². The minimum atomic E-state index is -0.773. The number of methoxy groups -OCH3 is 1. The molecule has 1 aromatic heterocycles. The van der Waals surface area contributed by atoms with Crippen molar-refractivity contribution in [2.45, 2.75) is 19.4 Å². The molecular weight excluding hydrogens is 532 g/mol. The Kier molecular flexibility index (Phi) is 11.0. The highest BCUT2D eigenvalue weighted by Crippen LogP contribution is 2.38. The Bertz CT molecular complexity index is 1420. The van der Waals surface area contributed by atoms with Gasteiger partial charge in [-0.15, -0.1) is 5.92 Å². The first-order valence-corrected chi connectivity index (χ1v) is 12.9. The fourth-order valence-electron chi connectivity index (χ4n) is 4.33. The number of amidine groups is 1. The zero-order chi connectivity index (χ0) is 29.1. The maximum atomic E-state index is 11.8. The van der Waals surface area contributed by atoms with Gasteiger partial charge in [-0.25, -0.2) is 0 Å². The van der Waals surface area contributed by atoms with E-state index >= 15 is 0 Å².